The molecule has 5 nitrogen and oxygen atoms in total. The van der Waals surface area contributed by atoms with E-state index in [1.807, 2.05) is 6.07 Å². The van der Waals surface area contributed by atoms with Crippen molar-refractivity contribution in [1.82, 2.24) is 14.9 Å². The molecule has 194 valence electrons. The molecule has 0 unspecified atom stereocenters. The van der Waals surface area contributed by atoms with Crippen LogP contribution in [0.3, 0.4) is 0 Å². The highest BCUT2D eigenvalue weighted by atomic mass is 35.5. The SMILES string of the molecule is Cc1cccc(C)c1OCCCCn1c(CCCCCNC(=O)c2cccc(Cl)c2)nc2ccccc21. The first-order chi connectivity index (χ1) is 18.0. The van der Waals surface area contributed by atoms with E-state index in [1.165, 1.54) is 16.6 Å². The predicted molar refractivity (Wildman–Crippen MR) is 152 cm³/mol. The molecule has 0 aliphatic rings. The second kappa shape index (κ2) is 13.3. The molecule has 6 heteroatoms. The van der Waals surface area contributed by atoms with Gasteiger partial charge in [0.2, 0.25) is 0 Å². The Morgan fingerprint density at radius 2 is 1.70 bits per heavy atom. The maximum Gasteiger partial charge on any atom is 0.251 e. The number of aromatic nitrogens is 2. The van der Waals surface area contributed by atoms with Gasteiger partial charge in [-0.15, -0.1) is 0 Å². The van der Waals surface area contributed by atoms with Crippen LogP contribution < -0.4 is 10.1 Å². The number of imidazole rings is 1. The monoisotopic (exact) mass is 517 g/mol. The molecule has 3 aromatic carbocycles. The van der Waals surface area contributed by atoms with Crippen LogP contribution in [0.15, 0.2) is 66.7 Å². The summed E-state index contributed by atoms with van der Waals surface area (Å²) >= 11 is 5.98. The Kier molecular flexibility index (Phi) is 9.61. The molecule has 0 bridgehead atoms. The molecule has 0 fully saturated rings. The van der Waals surface area contributed by atoms with E-state index in [2.05, 4.69) is 60.1 Å². The first-order valence-electron chi connectivity index (χ1n) is 13.2. The fourth-order valence-electron chi connectivity index (χ4n) is 4.66. The summed E-state index contributed by atoms with van der Waals surface area (Å²) in [5, 5.41) is 3.56. The van der Waals surface area contributed by atoms with Crippen molar-refractivity contribution >= 4 is 28.5 Å². The number of halogens is 1. The van der Waals surface area contributed by atoms with E-state index in [1.54, 1.807) is 24.3 Å². The van der Waals surface area contributed by atoms with Crippen molar-refractivity contribution in [2.45, 2.75) is 58.9 Å². The Morgan fingerprint density at radius 1 is 0.919 bits per heavy atom. The van der Waals surface area contributed by atoms with Crippen molar-refractivity contribution in [3.8, 4) is 5.75 Å². The molecule has 4 rings (SSSR count). The second-order valence-electron chi connectivity index (χ2n) is 9.52. The van der Waals surface area contributed by atoms with Crippen LogP contribution in [0.4, 0.5) is 0 Å². The van der Waals surface area contributed by atoms with Gasteiger partial charge in [-0.2, -0.15) is 0 Å². The van der Waals surface area contributed by atoms with Crippen molar-refractivity contribution < 1.29 is 9.53 Å². The van der Waals surface area contributed by atoms with Gasteiger partial charge < -0.3 is 14.6 Å². The number of nitrogens with zero attached hydrogens (tertiary/aromatic N) is 2. The van der Waals surface area contributed by atoms with Gasteiger partial charge in [0.1, 0.15) is 11.6 Å². The number of hydrogen-bond acceptors (Lipinski definition) is 3. The number of carbonyl (C=O) groups excluding carboxylic acids is 1. The molecule has 0 saturated carbocycles. The molecule has 1 N–H and O–H groups in total. The third kappa shape index (κ3) is 7.36. The number of carbonyl (C=O) groups is 1. The van der Waals surface area contributed by atoms with Gasteiger partial charge in [-0.25, -0.2) is 4.98 Å². The fraction of sp³-hybridized carbons (Fsp3) is 0.355. The van der Waals surface area contributed by atoms with Crippen molar-refractivity contribution in [3.63, 3.8) is 0 Å². The lowest BCUT2D eigenvalue weighted by atomic mass is 10.1. The van der Waals surface area contributed by atoms with E-state index in [-0.39, 0.29) is 5.91 Å². The van der Waals surface area contributed by atoms with Crippen molar-refractivity contribution in [2.75, 3.05) is 13.2 Å². The van der Waals surface area contributed by atoms with E-state index in [4.69, 9.17) is 21.3 Å². The molecular weight excluding hydrogens is 482 g/mol. The van der Waals surface area contributed by atoms with Gasteiger partial charge in [0.25, 0.3) is 5.91 Å². The van der Waals surface area contributed by atoms with E-state index >= 15 is 0 Å². The minimum Gasteiger partial charge on any atom is -0.493 e. The van der Waals surface area contributed by atoms with Crippen molar-refractivity contribution in [2.24, 2.45) is 0 Å². The van der Waals surface area contributed by atoms with Gasteiger partial charge in [-0.05, 0) is 81.0 Å². The van der Waals surface area contributed by atoms with Crippen LogP contribution in [0.5, 0.6) is 5.75 Å². The smallest absolute Gasteiger partial charge is 0.251 e. The Bertz CT molecular complexity index is 1310. The summed E-state index contributed by atoms with van der Waals surface area (Å²) in [5.41, 5.74) is 5.22. The Hall–Kier alpha value is -3.31. The minimum absolute atomic E-state index is 0.0779. The maximum atomic E-state index is 12.3. The molecule has 0 saturated heterocycles. The Balaban J connectivity index is 1.23. The average Bonchev–Trinajstić information content (AvgIpc) is 3.24. The van der Waals surface area contributed by atoms with Gasteiger partial charge in [0.05, 0.1) is 17.6 Å². The van der Waals surface area contributed by atoms with Crippen LogP contribution in [-0.2, 0) is 13.0 Å². The third-order valence-electron chi connectivity index (χ3n) is 6.61. The highest BCUT2D eigenvalue weighted by Gasteiger charge is 2.11. The summed E-state index contributed by atoms with van der Waals surface area (Å²) in [5.74, 6) is 2.07. The molecule has 0 atom stereocenters. The number of para-hydroxylation sites is 3. The quantitative estimate of drug-likeness (QED) is 0.189. The molecular formula is C31H36ClN3O2. The van der Waals surface area contributed by atoms with Gasteiger partial charge >= 0.3 is 0 Å². The van der Waals surface area contributed by atoms with E-state index in [0.29, 0.717) is 23.7 Å². The molecule has 37 heavy (non-hydrogen) atoms. The molecule has 0 spiro atoms. The number of ether oxygens (including phenoxy) is 1. The number of nitrogens with one attached hydrogen (secondary N) is 1. The number of benzene rings is 3. The number of hydrogen-bond donors (Lipinski definition) is 1. The van der Waals surface area contributed by atoms with Gasteiger partial charge in [0, 0.05) is 30.1 Å². The lowest BCUT2D eigenvalue weighted by molar-refractivity contribution is 0.0953. The fourth-order valence-corrected chi connectivity index (χ4v) is 4.85. The summed E-state index contributed by atoms with van der Waals surface area (Å²) in [6.07, 6.45) is 5.95. The van der Waals surface area contributed by atoms with Crippen LogP contribution in [-0.4, -0.2) is 28.6 Å². The van der Waals surface area contributed by atoms with Crippen LogP contribution in [0, 0.1) is 13.8 Å². The summed E-state index contributed by atoms with van der Waals surface area (Å²) in [6, 6.07) is 21.7. The zero-order chi connectivity index (χ0) is 26.0. The molecule has 1 aromatic heterocycles. The largest absolute Gasteiger partial charge is 0.493 e. The lowest BCUT2D eigenvalue weighted by Gasteiger charge is -2.13. The Labute approximate surface area is 224 Å². The van der Waals surface area contributed by atoms with Crippen molar-refractivity contribution in [1.29, 1.82) is 0 Å². The number of aryl methyl sites for hydroxylation is 4. The van der Waals surface area contributed by atoms with Gasteiger partial charge in [-0.3, -0.25) is 4.79 Å². The normalized spacial score (nSPS) is 11.1. The molecule has 1 heterocycles. The number of fused-ring (bicyclic) bond motifs is 1. The van der Waals surface area contributed by atoms with Crippen molar-refractivity contribution in [3.05, 3.63) is 94.3 Å². The highest BCUT2D eigenvalue weighted by molar-refractivity contribution is 6.30. The van der Waals surface area contributed by atoms with Crippen LogP contribution >= 0.6 is 11.6 Å². The number of unbranched alkanes of at least 4 members (excludes halogenated alkanes) is 3. The van der Waals surface area contributed by atoms with E-state index in [0.717, 1.165) is 62.2 Å². The van der Waals surface area contributed by atoms with E-state index in [9.17, 15) is 4.79 Å². The molecule has 1 amide bonds. The molecule has 0 aliphatic carbocycles. The first kappa shape index (κ1) is 26.7. The number of amides is 1. The topological polar surface area (TPSA) is 56.1 Å². The maximum absolute atomic E-state index is 12.3. The first-order valence-corrected chi connectivity index (χ1v) is 13.6. The minimum atomic E-state index is -0.0779. The average molecular weight is 518 g/mol. The van der Waals surface area contributed by atoms with Gasteiger partial charge in [-0.1, -0.05) is 54.4 Å². The van der Waals surface area contributed by atoms with Crippen LogP contribution in [0.2, 0.25) is 5.02 Å². The number of rotatable bonds is 13. The van der Waals surface area contributed by atoms with E-state index < -0.39 is 0 Å². The second-order valence-corrected chi connectivity index (χ2v) is 9.96. The molecule has 4 aromatic rings. The van der Waals surface area contributed by atoms with Gasteiger partial charge in [0.15, 0.2) is 0 Å². The standard InChI is InChI=1S/C31H36ClN3O2/c1-23-12-10-13-24(2)30(23)37-21-9-8-20-35-28-17-6-5-16-27(28)34-29(35)18-4-3-7-19-33-31(36)25-14-11-15-26(32)22-25/h5-6,10-17,22H,3-4,7-9,18-21H2,1-2H3,(H,33,36). The summed E-state index contributed by atoms with van der Waals surface area (Å²) < 4.78 is 8.47. The third-order valence-corrected chi connectivity index (χ3v) is 6.85. The zero-order valence-corrected chi connectivity index (χ0v) is 22.6. The molecule has 0 aliphatic heterocycles. The molecule has 0 radical (unpaired) electrons. The summed E-state index contributed by atoms with van der Waals surface area (Å²) in [7, 11) is 0. The zero-order valence-electron chi connectivity index (χ0n) is 21.8. The lowest BCUT2D eigenvalue weighted by Crippen LogP contribution is -2.24. The van der Waals surface area contributed by atoms with Crippen LogP contribution in [0.1, 0.15) is 59.4 Å². The summed E-state index contributed by atoms with van der Waals surface area (Å²) in [4.78, 5) is 17.2. The summed E-state index contributed by atoms with van der Waals surface area (Å²) in [6.45, 7) is 6.50. The Morgan fingerprint density at radius 3 is 2.51 bits per heavy atom. The highest BCUT2D eigenvalue weighted by Crippen LogP contribution is 2.23. The predicted octanol–water partition coefficient (Wildman–Crippen LogP) is 7.31. The van der Waals surface area contributed by atoms with Crippen LogP contribution in [0.25, 0.3) is 11.0 Å².